The molecule has 1 atom stereocenters. The molecule has 0 aromatic rings. The van der Waals surface area contributed by atoms with Crippen molar-refractivity contribution in [2.45, 2.75) is 32.7 Å². The van der Waals surface area contributed by atoms with Gasteiger partial charge in [-0.15, -0.1) is 0 Å². The van der Waals surface area contributed by atoms with Gasteiger partial charge in [0.1, 0.15) is 0 Å². The SMILES string of the molecule is CCCN1CCC(=O)N1CC(C)N. The van der Waals surface area contributed by atoms with Crippen LogP contribution in [-0.4, -0.2) is 41.6 Å². The average Bonchev–Trinajstić information content (AvgIpc) is 2.36. The fourth-order valence-electron chi connectivity index (χ4n) is 1.61. The number of hydrazine groups is 1. The van der Waals surface area contributed by atoms with Gasteiger partial charge in [0.25, 0.3) is 0 Å². The lowest BCUT2D eigenvalue weighted by atomic mass is 10.3. The van der Waals surface area contributed by atoms with Gasteiger partial charge in [-0.1, -0.05) is 6.92 Å². The minimum absolute atomic E-state index is 0.0569. The highest BCUT2D eigenvalue weighted by Gasteiger charge is 2.28. The first-order chi connectivity index (χ1) is 6.15. The van der Waals surface area contributed by atoms with Gasteiger partial charge >= 0.3 is 0 Å². The molecule has 1 unspecified atom stereocenters. The molecule has 0 aromatic heterocycles. The van der Waals surface area contributed by atoms with Crippen LogP contribution in [0.4, 0.5) is 0 Å². The van der Waals surface area contributed by atoms with Crippen molar-refractivity contribution in [1.82, 2.24) is 10.0 Å². The first-order valence-electron chi connectivity index (χ1n) is 4.96. The Hall–Kier alpha value is -0.610. The van der Waals surface area contributed by atoms with Crippen molar-refractivity contribution in [3.63, 3.8) is 0 Å². The molecular formula is C9H19N3O. The highest BCUT2D eigenvalue weighted by atomic mass is 16.2. The van der Waals surface area contributed by atoms with Gasteiger partial charge < -0.3 is 5.73 Å². The summed E-state index contributed by atoms with van der Waals surface area (Å²) in [7, 11) is 0. The first kappa shape index (κ1) is 10.5. The standard InChI is InChI=1S/C9H19N3O/c1-3-5-11-6-4-9(13)12(11)7-8(2)10/h8H,3-7,10H2,1-2H3. The van der Waals surface area contributed by atoms with Crippen molar-refractivity contribution in [2.24, 2.45) is 5.73 Å². The maximum absolute atomic E-state index is 11.4. The van der Waals surface area contributed by atoms with Gasteiger partial charge in [0.15, 0.2) is 0 Å². The molecule has 1 rings (SSSR count). The second-order valence-electron chi connectivity index (χ2n) is 3.66. The van der Waals surface area contributed by atoms with Crippen LogP contribution in [0, 0.1) is 0 Å². The molecule has 1 aliphatic rings. The van der Waals surface area contributed by atoms with Gasteiger partial charge in [0.05, 0.1) is 6.54 Å². The lowest BCUT2D eigenvalue weighted by Gasteiger charge is -2.28. The lowest BCUT2D eigenvalue weighted by molar-refractivity contribution is -0.138. The molecule has 4 heteroatoms. The van der Waals surface area contributed by atoms with Crippen LogP contribution in [0.15, 0.2) is 0 Å². The van der Waals surface area contributed by atoms with Crippen LogP contribution in [0.3, 0.4) is 0 Å². The van der Waals surface area contributed by atoms with Crippen LogP contribution in [0.1, 0.15) is 26.7 Å². The Labute approximate surface area is 79.6 Å². The third-order valence-corrected chi connectivity index (χ3v) is 2.16. The van der Waals surface area contributed by atoms with Crippen LogP contribution in [0.2, 0.25) is 0 Å². The second-order valence-corrected chi connectivity index (χ2v) is 3.66. The Morgan fingerprint density at radius 3 is 2.85 bits per heavy atom. The molecule has 0 saturated carbocycles. The molecule has 1 amide bonds. The fourth-order valence-corrected chi connectivity index (χ4v) is 1.61. The molecule has 0 aromatic carbocycles. The molecule has 13 heavy (non-hydrogen) atoms. The number of rotatable bonds is 4. The van der Waals surface area contributed by atoms with Crippen LogP contribution in [0.5, 0.6) is 0 Å². The van der Waals surface area contributed by atoms with E-state index in [1.54, 1.807) is 5.01 Å². The maximum Gasteiger partial charge on any atom is 0.238 e. The Morgan fingerprint density at radius 1 is 1.62 bits per heavy atom. The normalized spacial score (nSPS) is 21.2. The molecule has 1 saturated heterocycles. The van der Waals surface area contributed by atoms with E-state index in [9.17, 15) is 4.79 Å². The van der Waals surface area contributed by atoms with Crippen molar-refractivity contribution in [2.75, 3.05) is 19.6 Å². The van der Waals surface area contributed by atoms with E-state index in [4.69, 9.17) is 5.73 Å². The topological polar surface area (TPSA) is 49.6 Å². The lowest BCUT2D eigenvalue weighted by Crippen LogP contribution is -2.45. The zero-order valence-electron chi connectivity index (χ0n) is 8.49. The van der Waals surface area contributed by atoms with Crippen LogP contribution >= 0.6 is 0 Å². The van der Waals surface area contributed by atoms with Gasteiger partial charge in [0.2, 0.25) is 5.91 Å². The summed E-state index contributed by atoms with van der Waals surface area (Å²) < 4.78 is 0. The Kier molecular flexibility index (Phi) is 3.69. The summed E-state index contributed by atoms with van der Waals surface area (Å²) in [5.41, 5.74) is 5.67. The number of carbonyl (C=O) groups is 1. The quantitative estimate of drug-likeness (QED) is 0.680. The Balaban J connectivity index is 2.49. The van der Waals surface area contributed by atoms with E-state index in [1.165, 1.54) is 0 Å². The van der Waals surface area contributed by atoms with E-state index in [0.29, 0.717) is 13.0 Å². The molecule has 0 aliphatic carbocycles. The van der Waals surface area contributed by atoms with Crippen molar-refractivity contribution in [3.05, 3.63) is 0 Å². The summed E-state index contributed by atoms with van der Waals surface area (Å²) in [4.78, 5) is 11.4. The zero-order valence-corrected chi connectivity index (χ0v) is 8.49. The second kappa shape index (κ2) is 4.58. The number of hydrogen-bond acceptors (Lipinski definition) is 3. The fraction of sp³-hybridized carbons (Fsp3) is 0.889. The molecule has 0 bridgehead atoms. The average molecular weight is 185 g/mol. The summed E-state index contributed by atoms with van der Waals surface area (Å²) in [6.07, 6.45) is 1.72. The van der Waals surface area contributed by atoms with Crippen molar-refractivity contribution in [3.8, 4) is 0 Å². The third-order valence-electron chi connectivity index (χ3n) is 2.16. The Morgan fingerprint density at radius 2 is 2.31 bits per heavy atom. The summed E-state index contributed by atoms with van der Waals surface area (Å²) in [6.45, 7) is 6.51. The molecule has 1 fully saturated rings. The zero-order chi connectivity index (χ0) is 9.84. The highest BCUT2D eigenvalue weighted by Crippen LogP contribution is 2.12. The van der Waals surface area contributed by atoms with Gasteiger partial charge in [0, 0.05) is 25.6 Å². The minimum Gasteiger partial charge on any atom is -0.326 e. The summed E-state index contributed by atoms with van der Waals surface area (Å²) in [5, 5.41) is 3.90. The van der Waals surface area contributed by atoms with Crippen LogP contribution in [0.25, 0.3) is 0 Å². The van der Waals surface area contributed by atoms with Crippen LogP contribution in [-0.2, 0) is 4.79 Å². The van der Waals surface area contributed by atoms with Crippen molar-refractivity contribution in [1.29, 1.82) is 0 Å². The number of hydrogen-bond donors (Lipinski definition) is 1. The molecule has 1 aliphatic heterocycles. The molecule has 4 nitrogen and oxygen atoms in total. The molecule has 2 N–H and O–H groups in total. The summed E-state index contributed by atoms with van der Waals surface area (Å²) in [6, 6.07) is 0.0569. The first-order valence-corrected chi connectivity index (χ1v) is 4.96. The van der Waals surface area contributed by atoms with E-state index in [1.807, 2.05) is 6.92 Å². The van der Waals surface area contributed by atoms with E-state index < -0.39 is 0 Å². The summed E-state index contributed by atoms with van der Waals surface area (Å²) in [5.74, 6) is 0.214. The number of carbonyl (C=O) groups excluding carboxylic acids is 1. The monoisotopic (exact) mass is 185 g/mol. The highest BCUT2D eigenvalue weighted by molar-refractivity contribution is 5.77. The minimum atomic E-state index is 0.0569. The summed E-state index contributed by atoms with van der Waals surface area (Å²) >= 11 is 0. The van der Waals surface area contributed by atoms with E-state index in [2.05, 4.69) is 11.9 Å². The maximum atomic E-state index is 11.4. The predicted molar refractivity (Wildman–Crippen MR) is 51.8 cm³/mol. The van der Waals surface area contributed by atoms with Crippen molar-refractivity contribution >= 4 is 5.91 Å². The molecule has 76 valence electrons. The predicted octanol–water partition coefficient (Wildman–Crippen LogP) is 0.193. The number of nitrogens with two attached hydrogens (primary N) is 1. The number of amides is 1. The van der Waals surface area contributed by atoms with E-state index >= 15 is 0 Å². The van der Waals surface area contributed by atoms with Crippen molar-refractivity contribution < 1.29 is 4.79 Å². The molecule has 0 radical (unpaired) electrons. The largest absolute Gasteiger partial charge is 0.326 e. The molecule has 1 heterocycles. The van der Waals surface area contributed by atoms with E-state index in [0.717, 1.165) is 19.5 Å². The van der Waals surface area contributed by atoms with Gasteiger partial charge in [-0.3, -0.25) is 9.80 Å². The third kappa shape index (κ3) is 2.67. The van der Waals surface area contributed by atoms with Crippen LogP contribution < -0.4 is 5.73 Å². The smallest absolute Gasteiger partial charge is 0.238 e. The van der Waals surface area contributed by atoms with E-state index in [-0.39, 0.29) is 11.9 Å². The van der Waals surface area contributed by atoms with Gasteiger partial charge in [-0.2, -0.15) is 0 Å². The van der Waals surface area contributed by atoms with Gasteiger partial charge in [-0.05, 0) is 13.3 Å². The number of nitrogens with zero attached hydrogens (tertiary/aromatic N) is 2. The molecule has 0 spiro atoms. The van der Waals surface area contributed by atoms with Gasteiger partial charge in [-0.25, -0.2) is 5.01 Å². The molecular weight excluding hydrogens is 166 g/mol. The Bertz CT molecular complexity index is 182.